The van der Waals surface area contributed by atoms with Crippen molar-refractivity contribution >= 4 is 12.4 Å². The minimum Gasteiger partial charge on any atom is -0.468 e. The minimum atomic E-state index is -0.211. The van der Waals surface area contributed by atoms with Crippen LogP contribution in [0.15, 0.2) is 0 Å². The van der Waals surface area contributed by atoms with Crippen molar-refractivity contribution in [2.24, 2.45) is 0 Å². The Labute approximate surface area is 66.5 Å². The summed E-state index contributed by atoms with van der Waals surface area (Å²) in [6, 6.07) is 0. The lowest BCUT2D eigenvalue weighted by Crippen LogP contribution is -1.95. The highest BCUT2D eigenvalue weighted by atomic mass is 16.5. The first-order valence-corrected chi connectivity index (χ1v) is 3.37. The zero-order valence-corrected chi connectivity index (χ0v) is 7.12. The van der Waals surface area contributed by atoms with Gasteiger partial charge in [-0.1, -0.05) is 0 Å². The first kappa shape index (κ1) is 12.6. The Morgan fingerprint density at radius 2 is 1.91 bits per heavy atom. The van der Waals surface area contributed by atoms with Crippen LogP contribution in [0.2, 0.25) is 0 Å². The number of hydrogen-bond donors (Lipinski definition) is 0. The van der Waals surface area contributed by atoms with E-state index in [4.69, 9.17) is 0 Å². The third kappa shape index (κ3) is 27.7. The van der Waals surface area contributed by atoms with Crippen LogP contribution in [-0.2, 0) is 19.1 Å². The second-order valence-electron chi connectivity index (χ2n) is 1.48. The van der Waals surface area contributed by atoms with E-state index in [0.29, 0.717) is 19.7 Å². The lowest BCUT2D eigenvalue weighted by atomic mass is 10.8. The number of hydrogen-bond acceptors (Lipinski definition) is 4. The van der Waals surface area contributed by atoms with Crippen LogP contribution in [0, 0.1) is 0 Å². The maximum atomic E-state index is 9.82. The van der Waals surface area contributed by atoms with E-state index < -0.39 is 0 Å². The summed E-state index contributed by atoms with van der Waals surface area (Å²) in [5, 5.41) is 0. The van der Waals surface area contributed by atoms with Crippen molar-refractivity contribution < 1.29 is 19.1 Å². The predicted molar refractivity (Wildman–Crippen MR) is 40.0 cm³/mol. The van der Waals surface area contributed by atoms with Gasteiger partial charge in [0.25, 0.3) is 6.47 Å². The third-order valence-electron chi connectivity index (χ3n) is 0.582. The average Bonchev–Trinajstić information content (AvgIpc) is 1.90. The van der Waals surface area contributed by atoms with Crippen molar-refractivity contribution in [3.63, 3.8) is 0 Å². The molecule has 0 aliphatic carbocycles. The van der Waals surface area contributed by atoms with Gasteiger partial charge in [-0.2, -0.15) is 0 Å². The summed E-state index contributed by atoms with van der Waals surface area (Å²) in [4.78, 5) is 19.0. The zero-order valence-electron chi connectivity index (χ0n) is 7.12. The SMILES string of the molecule is CCOC(C)=O.CCOC=O. The van der Waals surface area contributed by atoms with E-state index in [2.05, 4.69) is 9.47 Å². The number of ether oxygens (including phenoxy) is 2. The lowest BCUT2D eigenvalue weighted by molar-refractivity contribution is -0.140. The van der Waals surface area contributed by atoms with E-state index in [1.54, 1.807) is 13.8 Å². The van der Waals surface area contributed by atoms with Crippen molar-refractivity contribution in [1.29, 1.82) is 0 Å². The summed E-state index contributed by atoms with van der Waals surface area (Å²) in [5.41, 5.74) is 0. The van der Waals surface area contributed by atoms with Crippen LogP contribution >= 0.6 is 0 Å². The van der Waals surface area contributed by atoms with Gasteiger partial charge in [0.15, 0.2) is 0 Å². The van der Waals surface area contributed by atoms with E-state index in [1.807, 2.05) is 0 Å². The lowest BCUT2D eigenvalue weighted by Gasteiger charge is -1.89. The highest BCUT2D eigenvalue weighted by Crippen LogP contribution is 1.69. The number of esters is 1. The van der Waals surface area contributed by atoms with Gasteiger partial charge in [-0.05, 0) is 13.8 Å². The molecule has 0 heterocycles. The highest BCUT2D eigenvalue weighted by molar-refractivity contribution is 5.65. The maximum Gasteiger partial charge on any atom is 0.302 e. The highest BCUT2D eigenvalue weighted by Gasteiger charge is 1.81. The van der Waals surface area contributed by atoms with Crippen molar-refractivity contribution in [3.8, 4) is 0 Å². The van der Waals surface area contributed by atoms with Crippen molar-refractivity contribution in [3.05, 3.63) is 0 Å². The molecule has 0 bridgehead atoms. The molecule has 4 nitrogen and oxygen atoms in total. The Hall–Kier alpha value is -1.06. The fourth-order valence-corrected chi connectivity index (χ4v) is 0.271. The molecule has 0 unspecified atom stereocenters. The summed E-state index contributed by atoms with van der Waals surface area (Å²) in [7, 11) is 0. The van der Waals surface area contributed by atoms with E-state index in [0.717, 1.165) is 0 Å². The van der Waals surface area contributed by atoms with Gasteiger partial charge in [-0.15, -0.1) is 0 Å². The minimum absolute atomic E-state index is 0.211. The fourth-order valence-electron chi connectivity index (χ4n) is 0.271. The molecule has 11 heavy (non-hydrogen) atoms. The molecule has 0 aliphatic heterocycles. The molecule has 0 atom stereocenters. The molecule has 0 saturated heterocycles. The Kier molecular flexibility index (Phi) is 13.4. The Balaban J connectivity index is 0. The van der Waals surface area contributed by atoms with E-state index in [1.165, 1.54) is 6.92 Å². The van der Waals surface area contributed by atoms with Gasteiger partial charge in [0, 0.05) is 6.92 Å². The fraction of sp³-hybridized carbons (Fsp3) is 0.714. The van der Waals surface area contributed by atoms with Crippen LogP contribution in [0.5, 0.6) is 0 Å². The topological polar surface area (TPSA) is 52.6 Å². The first-order valence-electron chi connectivity index (χ1n) is 3.37. The predicted octanol–water partition coefficient (Wildman–Crippen LogP) is 0.749. The summed E-state index contributed by atoms with van der Waals surface area (Å²) >= 11 is 0. The molecule has 0 aromatic heterocycles. The van der Waals surface area contributed by atoms with Gasteiger partial charge in [0.2, 0.25) is 0 Å². The van der Waals surface area contributed by atoms with Gasteiger partial charge >= 0.3 is 5.97 Å². The van der Waals surface area contributed by atoms with Crippen LogP contribution < -0.4 is 0 Å². The molecule has 0 aromatic carbocycles. The summed E-state index contributed by atoms with van der Waals surface area (Å²) in [6.45, 7) is 6.32. The summed E-state index contributed by atoms with van der Waals surface area (Å²) in [6.07, 6.45) is 0. The van der Waals surface area contributed by atoms with E-state index in [9.17, 15) is 9.59 Å². The summed E-state index contributed by atoms with van der Waals surface area (Å²) < 4.78 is 8.56. The first-order chi connectivity index (χ1) is 5.18. The molecule has 0 fully saturated rings. The molecule has 66 valence electrons. The van der Waals surface area contributed by atoms with Crippen LogP contribution in [0.1, 0.15) is 20.8 Å². The van der Waals surface area contributed by atoms with Crippen molar-refractivity contribution in [2.75, 3.05) is 13.2 Å². The quantitative estimate of drug-likeness (QED) is 0.454. The van der Waals surface area contributed by atoms with Gasteiger partial charge in [0.05, 0.1) is 13.2 Å². The smallest absolute Gasteiger partial charge is 0.302 e. The van der Waals surface area contributed by atoms with Gasteiger partial charge in [0.1, 0.15) is 0 Å². The molecule has 4 heteroatoms. The van der Waals surface area contributed by atoms with Crippen LogP contribution in [0.25, 0.3) is 0 Å². The molecule has 0 spiro atoms. The van der Waals surface area contributed by atoms with E-state index >= 15 is 0 Å². The molecule has 0 rings (SSSR count). The molecule has 0 N–H and O–H groups in total. The normalized spacial score (nSPS) is 7.18. The van der Waals surface area contributed by atoms with Crippen molar-refractivity contribution in [2.45, 2.75) is 20.8 Å². The molecular weight excluding hydrogens is 148 g/mol. The molecule has 0 saturated carbocycles. The monoisotopic (exact) mass is 162 g/mol. The largest absolute Gasteiger partial charge is 0.468 e. The molecule has 0 amide bonds. The number of rotatable bonds is 3. The van der Waals surface area contributed by atoms with Crippen molar-refractivity contribution in [1.82, 2.24) is 0 Å². The number of carbonyl (C=O) groups excluding carboxylic acids is 2. The van der Waals surface area contributed by atoms with Crippen LogP contribution in [-0.4, -0.2) is 25.7 Å². The Morgan fingerprint density at radius 1 is 1.36 bits per heavy atom. The zero-order chi connectivity index (χ0) is 9.11. The second-order valence-corrected chi connectivity index (χ2v) is 1.48. The summed E-state index contributed by atoms with van der Waals surface area (Å²) in [5.74, 6) is -0.211. The third-order valence-corrected chi connectivity index (χ3v) is 0.582. The molecule has 0 aromatic rings. The number of carbonyl (C=O) groups is 2. The standard InChI is InChI=1S/C4H8O2.C3H6O2/c1-3-6-4(2)5;1-2-5-3-4/h3H2,1-2H3;3H,2H2,1H3. The van der Waals surface area contributed by atoms with Gasteiger partial charge in [-0.25, -0.2) is 0 Å². The maximum absolute atomic E-state index is 9.82. The Bertz CT molecular complexity index is 101. The van der Waals surface area contributed by atoms with Crippen LogP contribution in [0.4, 0.5) is 0 Å². The van der Waals surface area contributed by atoms with Gasteiger partial charge < -0.3 is 9.47 Å². The molecule has 0 radical (unpaired) electrons. The van der Waals surface area contributed by atoms with E-state index in [-0.39, 0.29) is 5.97 Å². The average molecular weight is 162 g/mol. The second kappa shape index (κ2) is 11.7. The molecule has 0 aliphatic rings. The van der Waals surface area contributed by atoms with Crippen LogP contribution in [0.3, 0.4) is 0 Å². The Morgan fingerprint density at radius 3 is 1.91 bits per heavy atom. The molecular formula is C7H14O4. The van der Waals surface area contributed by atoms with Gasteiger partial charge in [-0.3, -0.25) is 9.59 Å².